The predicted molar refractivity (Wildman–Crippen MR) is 104 cm³/mol. The zero-order chi connectivity index (χ0) is 18.0. The van der Waals surface area contributed by atoms with Gasteiger partial charge in [0.1, 0.15) is 5.75 Å². The van der Waals surface area contributed by atoms with Gasteiger partial charge in [-0.1, -0.05) is 12.1 Å². The van der Waals surface area contributed by atoms with E-state index >= 15 is 0 Å². The summed E-state index contributed by atoms with van der Waals surface area (Å²) < 4.78 is 11.0. The average molecular weight is 373 g/mol. The van der Waals surface area contributed by atoms with Crippen LogP contribution in [0.1, 0.15) is 46.6 Å². The summed E-state index contributed by atoms with van der Waals surface area (Å²) in [6, 6.07) is 7.80. The van der Waals surface area contributed by atoms with Gasteiger partial charge >= 0.3 is 0 Å². The molecule has 2 N–H and O–H groups in total. The first kappa shape index (κ1) is 23.7. The topological polar surface area (TPSA) is 59.6 Å². The van der Waals surface area contributed by atoms with Crippen molar-refractivity contribution in [2.45, 2.75) is 59.2 Å². The largest absolute Gasteiger partial charge is 0.484 e. The summed E-state index contributed by atoms with van der Waals surface area (Å²) in [6.07, 6.45) is 1.30. The van der Waals surface area contributed by atoms with Crippen LogP contribution in [0.4, 0.5) is 0 Å². The van der Waals surface area contributed by atoms with E-state index in [2.05, 4.69) is 10.6 Å². The number of ether oxygens (including phenoxy) is 2. The average Bonchev–Trinajstić information content (AvgIpc) is 2.48. The second-order valence-corrected chi connectivity index (χ2v) is 7.18. The first-order chi connectivity index (χ1) is 11.3. The van der Waals surface area contributed by atoms with Gasteiger partial charge in [-0.3, -0.25) is 4.79 Å². The molecule has 5 nitrogen and oxygen atoms in total. The third-order valence-corrected chi connectivity index (χ3v) is 3.09. The molecule has 1 amide bonds. The van der Waals surface area contributed by atoms with Gasteiger partial charge in [-0.2, -0.15) is 0 Å². The Morgan fingerprint density at radius 3 is 2.36 bits per heavy atom. The Kier molecular flexibility index (Phi) is 11.5. The first-order valence-corrected chi connectivity index (χ1v) is 8.61. The molecule has 0 unspecified atom stereocenters. The molecule has 1 aromatic rings. The van der Waals surface area contributed by atoms with Crippen LogP contribution in [0.2, 0.25) is 0 Å². The lowest BCUT2D eigenvalue weighted by molar-refractivity contribution is -0.124. The molecule has 0 aliphatic carbocycles. The van der Waals surface area contributed by atoms with Crippen molar-refractivity contribution < 1.29 is 14.3 Å². The molecule has 0 saturated heterocycles. The summed E-state index contributed by atoms with van der Waals surface area (Å²) in [4.78, 5) is 11.7. The van der Waals surface area contributed by atoms with Gasteiger partial charge in [0, 0.05) is 18.7 Å². The molecule has 0 spiro atoms. The lowest BCUT2D eigenvalue weighted by atomic mass is 10.1. The summed E-state index contributed by atoms with van der Waals surface area (Å²) in [6.45, 7) is 12.5. The predicted octanol–water partition coefficient (Wildman–Crippen LogP) is 3.31. The number of rotatable bonds is 10. The third kappa shape index (κ3) is 12.7. The van der Waals surface area contributed by atoms with Crippen LogP contribution in [0, 0.1) is 0 Å². The molecule has 0 saturated carbocycles. The second-order valence-electron chi connectivity index (χ2n) is 7.18. The number of hydrogen-bond donors (Lipinski definition) is 2. The van der Waals surface area contributed by atoms with Crippen molar-refractivity contribution in [1.29, 1.82) is 0 Å². The molecule has 25 heavy (non-hydrogen) atoms. The van der Waals surface area contributed by atoms with E-state index in [0.29, 0.717) is 11.9 Å². The summed E-state index contributed by atoms with van der Waals surface area (Å²) in [5.74, 6) is 0.588. The van der Waals surface area contributed by atoms with Crippen LogP contribution in [0.3, 0.4) is 0 Å². The van der Waals surface area contributed by atoms with Crippen LogP contribution in [-0.4, -0.2) is 37.3 Å². The summed E-state index contributed by atoms with van der Waals surface area (Å²) >= 11 is 0. The number of halogens is 1. The lowest BCUT2D eigenvalue weighted by Gasteiger charge is -2.20. The molecule has 0 heterocycles. The van der Waals surface area contributed by atoms with Gasteiger partial charge in [0.25, 0.3) is 5.91 Å². The van der Waals surface area contributed by atoms with Crippen LogP contribution in [0.15, 0.2) is 24.3 Å². The van der Waals surface area contributed by atoms with Gasteiger partial charge in [-0.15, -0.1) is 12.4 Å². The standard InChI is InChI=1S/C19H32N2O3.ClH/c1-15(2)23-12-6-11-20-13-16-7-9-17(10-8-16)24-14-18(22)21-19(3,4)5;/h7-10,15,20H,6,11-14H2,1-5H3,(H,21,22);1H. The normalized spacial score (nSPS) is 11.1. The third-order valence-electron chi connectivity index (χ3n) is 3.09. The van der Waals surface area contributed by atoms with Gasteiger partial charge < -0.3 is 20.1 Å². The van der Waals surface area contributed by atoms with Crippen molar-refractivity contribution in [3.05, 3.63) is 29.8 Å². The van der Waals surface area contributed by atoms with E-state index in [-0.39, 0.29) is 30.5 Å². The Hall–Kier alpha value is -1.30. The second kappa shape index (κ2) is 12.1. The molecule has 0 aliphatic rings. The fraction of sp³-hybridized carbons (Fsp3) is 0.632. The van der Waals surface area contributed by atoms with Gasteiger partial charge in [-0.25, -0.2) is 0 Å². The Balaban J connectivity index is 0.00000576. The molecule has 0 bridgehead atoms. The molecule has 1 aromatic carbocycles. The highest BCUT2D eigenvalue weighted by atomic mass is 35.5. The minimum Gasteiger partial charge on any atom is -0.484 e. The molecule has 144 valence electrons. The fourth-order valence-corrected chi connectivity index (χ4v) is 2.06. The number of amides is 1. The Morgan fingerprint density at radius 1 is 1.16 bits per heavy atom. The van der Waals surface area contributed by atoms with Crippen molar-refractivity contribution in [1.82, 2.24) is 10.6 Å². The van der Waals surface area contributed by atoms with Crippen molar-refractivity contribution in [3.8, 4) is 5.75 Å². The van der Waals surface area contributed by atoms with E-state index in [0.717, 1.165) is 26.1 Å². The minimum atomic E-state index is -0.240. The van der Waals surface area contributed by atoms with Gasteiger partial charge in [0.15, 0.2) is 6.61 Å². The number of hydrogen-bond acceptors (Lipinski definition) is 4. The summed E-state index contributed by atoms with van der Waals surface area (Å²) in [5, 5.41) is 6.25. The number of carbonyl (C=O) groups excluding carboxylic acids is 1. The molecule has 0 atom stereocenters. The molecule has 1 rings (SSSR count). The molecular weight excluding hydrogens is 340 g/mol. The zero-order valence-electron chi connectivity index (χ0n) is 16.1. The van der Waals surface area contributed by atoms with E-state index in [9.17, 15) is 4.79 Å². The maximum Gasteiger partial charge on any atom is 0.258 e. The quantitative estimate of drug-likeness (QED) is 0.618. The summed E-state index contributed by atoms with van der Waals surface area (Å²) in [5.41, 5.74) is 0.946. The SMILES string of the molecule is CC(C)OCCCNCc1ccc(OCC(=O)NC(C)(C)C)cc1.Cl. The Bertz CT molecular complexity index is 484. The van der Waals surface area contributed by atoms with Crippen molar-refractivity contribution >= 4 is 18.3 Å². The monoisotopic (exact) mass is 372 g/mol. The maximum absolute atomic E-state index is 11.7. The van der Waals surface area contributed by atoms with Gasteiger partial charge in [-0.05, 0) is 65.3 Å². The van der Waals surface area contributed by atoms with Crippen molar-refractivity contribution in [2.75, 3.05) is 19.8 Å². The van der Waals surface area contributed by atoms with Crippen LogP contribution >= 0.6 is 12.4 Å². The smallest absolute Gasteiger partial charge is 0.258 e. The highest BCUT2D eigenvalue weighted by Crippen LogP contribution is 2.12. The van der Waals surface area contributed by atoms with Crippen molar-refractivity contribution in [3.63, 3.8) is 0 Å². The molecule has 0 aliphatic heterocycles. The zero-order valence-corrected chi connectivity index (χ0v) is 16.9. The van der Waals surface area contributed by atoms with Crippen molar-refractivity contribution in [2.24, 2.45) is 0 Å². The van der Waals surface area contributed by atoms with Crippen LogP contribution in [0.5, 0.6) is 5.75 Å². The van der Waals surface area contributed by atoms with Crippen LogP contribution in [-0.2, 0) is 16.1 Å². The fourth-order valence-electron chi connectivity index (χ4n) is 2.06. The molecular formula is C19H33ClN2O3. The Labute approximate surface area is 158 Å². The van der Waals surface area contributed by atoms with Gasteiger partial charge in [0.2, 0.25) is 0 Å². The van der Waals surface area contributed by atoms with E-state index in [1.54, 1.807) is 0 Å². The lowest BCUT2D eigenvalue weighted by Crippen LogP contribution is -2.43. The molecule has 0 radical (unpaired) electrons. The number of carbonyl (C=O) groups is 1. The molecule has 6 heteroatoms. The van der Waals surface area contributed by atoms with Crippen LogP contribution in [0.25, 0.3) is 0 Å². The van der Waals surface area contributed by atoms with E-state index in [1.165, 1.54) is 5.56 Å². The maximum atomic E-state index is 11.7. The van der Waals surface area contributed by atoms with E-state index in [1.807, 2.05) is 58.9 Å². The van der Waals surface area contributed by atoms with E-state index in [4.69, 9.17) is 9.47 Å². The first-order valence-electron chi connectivity index (χ1n) is 8.61. The molecule has 0 fully saturated rings. The van der Waals surface area contributed by atoms with Gasteiger partial charge in [0.05, 0.1) is 6.10 Å². The number of nitrogens with one attached hydrogen (secondary N) is 2. The Morgan fingerprint density at radius 2 is 1.80 bits per heavy atom. The number of benzene rings is 1. The highest BCUT2D eigenvalue weighted by Gasteiger charge is 2.13. The minimum absolute atomic E-state index is 0. The molecule has 0 aromatic heterocycles. The van der Waals surface area contributed by atoms with E-state index < -0.39 is 0 Å². The summed E-state index contributed by atoms with van der Waals surface area (Å²) in [7, 11) is 0. The highest BCUT2D eigenvalue weighted by molar-refractivity contribution is 5.85. The van der Waals surface area contributed by atoms with Crippen LogP contribution < -0.4 is 15.4 Å².